The molecule has 1 aromatic heterocycles. The van der Waals surface area contributed by atoms with E-state index in [-0.39, 0.29) is 12.1 Å². The molecular weight excluding hydrogens is 380 g/mol. The van der Waals surface area contributed by atoms with Crippen LogP contribution in [0.3, 0.4) is 0 Å². The van der Waals surface area contributed by atoms with Gasteiger partial charge in [0.05, 0.1) is 13.3 Å². The van der Waals surface area contributed by atoms with Crippen LogP contribution < -0.4 is 14.8 Å². The molecule has 4 rings (SSSR count). The topological polar surface area (TPSA) is 76.6 Å². The molecule has 0 bridgehead atoms. The molecule has 2 amide bonds. The van der Waals surface area contributed by atoms with Crippen molar-refractivity contribution in [2.45, 2.75) is 25.4 Å². The Hall–Kier alpha value is -3.35. The van der Waals surface area contributed by atoms with Crippen molar-refractivity contribution >= 4 is 16.8 Å². The molecule has 156 valence electrons. The number of nitrogens with one attached hydrogen (secondary N) is 1. The van der Waals surface area contributed by atoms with Crippen LogP contribution in [0, 0.1) is 0 Å². The number of hydrogen-bond acceptors (Lipinski definition) is 5. The minimum Gasteiger partial charge on any atom is -0.497 e. The van der Waals surface area contributed by atoms with E-state index in [0.29, 0.717) is 25.5 Å². The summed E-state index contributed by atoms with van der Waals surface area (Å²) in [5.41, 5.74) is 1.17. The predicted octanol–water partition coefficient (Wildman–Crippen LogP) is 3.43. The Balaban J connectivity index is 1.23. The Labute approximate surface area is 176 Å². The van der Waals surface area contributed by atoms with Gasteiger partial charge in [-0.05, 0) is 30.2 Å². The highest BCUT2D eigenvalue weighted by atomic mass is 16.5. The van der Waals surface area contributed by atoms with Crippen LogP contribution in [0.15, 0.2) is 54.7 Å². The highest BCUT2D eigenvalue weighted by molar-refractivity contribution is 5.85. The van der Waals surface area contributed by atoms with Gasteiger partial charge in [0.2, 0.25) is 5.88 Å². The number of ether oxygens (including phenoxy) is 2. The Morgan fingerprint density at radius 1 is 1.13 bits per heavy atom. The zero-order valence-electron chi connectivity index (χ0n) is 17.1. The van der Waals surface area contributed by atoms with Crippen LogP contribution in [-0.2, 0) is 6.42 Å². The lowest BCUT2D eigenvalue weighted by Crippen LogP contribution is -2.47. The minimum atomic E-state index is -0.0214. The number of likely N-dealkylation sites (tertiary alicyclic amines) is 1. The standard InChI is InChI=1S/C23H26N4O3/c1-29-19-8-6-17(7-9-19)10-13-24-23(28)27-14-11-20(12-15-27)30-22-21-5-3-2-4-18(21)16-25-26-22/h2-9,16,20H,10-15H2,1H3,(H,24,28). The molecule has 3 aromatic rings. The molecule has 2 heterocycles. The number of methoxy groups -OCH3 is 1. The molecular formula is C23H26N4O3. The van der Waals surface area contributed by atoms with Crippen LogP contribution in [0.4, 0.5) is 4.79 Å². The lowest BCUT2D eigenvalue weighted by Gasteiger charge is -2.32. The van der Waals surface area contributed by atoms with Gasteiger partial charge in [-0.15, -0.1) is 5.10 Å². The lowest BCUT2D eigenvalue weighted by atomic mass is 10.1. The van der Waals surface area contributed by atoms with Crippen molar-refractivity contribution in [3.05, 3.63) is 60.3 Å². The lowest BCUT2D eigenvalue weighted by molar-refractivity contribution is 0.108. The van der Waals surface area contributed by atoms with Crippen molar-refractivity contribution in [2.24, 2.45) is 0 Å². The van der Waals surface area contributed by atoms with Crippen LogP contribution in [0.2, 0.25) is 0 Å². The number of hydrogen-bond donors (Lipinski definition) is 1. The molecule has 30 heavy (non-hydrogen) atoms. The molecule has 0 unspecified atom stereocenters. The van der Waals surface area contributed by atoms with E-state index in [1.807, 2.05) is 53.4 Å². The van der Waals surface area contributed by atoms with E-state index >= 15 is 0 Å². The summed E-state index contributed by atoms with van der Waals surface area (Å²) in [5, 5.41) is 13.2. The fourth-order valence-corrected chi connectivity index (χ4v) is 3.64. The number of carbonyl (C=O) groups is 1. The van der Waals surface area contributed by atoms with Crippen LogP contribution in [0.25, 0.3) is 10.8 Å². The SMILES string of the molecule is COc1ccc(CCNC(=O)N2CCC(Oc3nncc4ccccc34)CC2)cc1. The van der Waals surface area contributed by atoms with Gasteiger partial charge in [0.15, 0.2) is 0 Å². The molecule has 1 aliphatic heterocycles. The molecule has 0 spiro atoms. The Morgan fingerprint density at radius 2 is 1.90 bits per heavy atom. The van der Waals surface area contributed by atoms with E-state index in [9.17, 15) is 4.79 Å². The van der Waals surface area contributed by atoms with Gasteiger partial charge in [-0.3, -0.25) is 0 Å². The largest absolute Gasteiger partial charge is 0.497 e. The predicted molar refractivity (Wildman–Crippen MR) is 115 cm³/mol. The first-order valence-corrected chi connectivity index (χ1v) is 10.3. The molecule has 1 N–H and O–H groups in total. The fraction of sp³-hybridized carbons (Fsp3) is 0.348. The van der Waals surface area contributed by atoms with Crippen LogP contribution in [0.1, 0.15) is 18.4 Å². The maximum absolute atomic E-state index is 12.5. The van der Waals surface area contributed by atoms with Crippen molar-refractivity contribution in [3.8, 4) is 11.6 Å². The molecule has 0 saturated carbocycles. The molecule has 1 aliphatic rings. The number of piperidine rings is 1. The normalized spacial score (nSPS) is 14.5. The van der Waals surface area contributed by atoms with Crippen molar-refractivity contribution in [1.82, 2.24) is 20.4 Å². The summed E-state index contributed by atoms with van der Waals surface area (Å²) in [5.74, 6) is 1.40. The fourth-order valence-electron chi connectivity index (χ4n) is 3.64. The van der Waals surface area contributed by atoms with Crippen molar-refractivity contribution < 1.29 is 14.3 Å². The van der Waals surface area contributed by atoms with E-state index in [1.54, 1.807) is 13.3 Å². The van der Waals surface area contributed by atoms with Crippen LogP contribution in [0.5, 0.6) is 11.6 Å². The zero-order chi connectivity index (χ0) is 20.8. The first-order chi connectivity index (χ1) is 14.7. The second-order valence-electron chi connectivity index (χ2n) is 7.37. The molecule has 0 atom stereocenters. The second kappa shape index (κ2) is 9.43. The van der Waals surface area contributed by atoms with Gasteiger partial charge >= 0.3 is 6.03 Å². The van der Waals surface area contributed by atoms with E-state index in [4.69, 9.17) is 9.47 Å². The number of benzene rings is 2. The number of rotatable bonds is 6. The molecule has 7 heteroatoms. The number of aromatic nitrogens is 2. The van der Waals surface area contributed by atoms with Gasteiger partial charge in [0.1, 0.15) is 11.9 Å². The summed E-state index contributed by atoms with van der Waals surface area (Å²) in [7, 11) is 1.65. The van der Waals surface area contributed by atoms with Gasteiger partial charge < -0.3 is 19.7 Å². The summed E-state index contributed by atoms with van der Waals surface area (Å²) in [6, 6.07) is 15.8. The van der Waals surface area contributed by atoms with Crippen LogP contribution in [-0.4, -0.2) is 54.0 Å². The summed E-state index contributed by atoms with van der Waals surface area (Å²) in [6.45, 7) is 1.93. The highest BCUT2D eigenvalue weighted by Crippen LogP contribution is 2.24. The third-order valence-corrected chi connectivity index (χ3v) is 5.39. The summed E-state index contributed by atoms with van der Waals surface area (Å²) in [4.78, 5) is 14.3. The number of urea groups is 1. The van der Waals surface area contributed by atoms with E-state index in [2.05, 4.69) is 15.5 Å². The molecule has 1 fully saturated rings. The number of carbonyl (C=O) groups excluding carboxylic acids is 1. The van der Waals surface area contributed by atoms with E-state index < -0.39 is 0 Å². The molecule has 2 aromatic carbocycles. The van der Waals surface area contributed by atoms with Crippen molar-refractivity contribution in [3.63, 3.8) is 0 Å². The number of nitrogens with zero attached hydrogens (tertiary/aromatic N) is 3. The smallest absolute Gasteiger partial charge is 0.317 e. The number of fused-ring (bicyclic) bond motifs is 1. The minimum absolute atomic E-state index is 0.0214. The van der Waals surface area contributed by atoms with Crippen molar-refractivity contribution in [2.75, 3.05) is 26.7 Å². The van der Waals surface area contributed by atoms with Gasteiger partial charge in [-0.2, -0.15) is 5.10 Å². The number of amides is 2. The van der Waals surface area contributed by atoms with Gasteiger partial charge in [-0.1, -0.05) is 30.3 Å². The maximum atomic E-state index is 12.5. The molecule has 0 radical (unpaired) electrons. The Morgan fingerprint density at radius 3 is 2.67 bits per heavy atom. The summed E-state index contributed by atoms with van der Waals surface area (Å²) < 4.78 is 11.3. The highest BCUT2D eigenvalue weighted by Gasteiger charge is 2.24. The van der Waals surface area contributed by atoms with E-state index in [1.165, 1.54) is 5.56 Å². The summed E-state index contributed by atoms with van der Waals surface area (Å²) >= 11 is 0. The average molecular weight is 406 g/mol. The Bertz CT molecular complexity index is 980. The molecule has 0 aliphatic carbocycles. The summed E-state index contributed by atoms with van der Waals surface area (Å²) in [6.07, 6.45) is 4.11. The monoisotopic (exact) mass is 406 g/mol. The van der Waals surface area contributed by atoms with Gasteiger partial charge in [0, 0.05) is 43.2 Å². The Kier molecular flexibility index (Phi) is 6.27. The average Bonchev–Trinajstić information content (AvgIpc) is 2.80. The quantitative estimate of drug-likeness (QED) is 0.679. The third-order valence-electron chi connectivity index (χ3n) is 5.39. The van der Waals surface area contributed by atoms with Crippen LogP contribution >= 0.6 is 0 Å². The second-order valence-corrected chi connectivity index (χ2v) is 7.37. The molecule has 7 nitrogen and oxygen atoms in total. The first kappa shape index (κ1) is 19.9. The third kappa shape index (κ3) is 4.79. The van der Waals surface area contributed by atoms with Gasteiger partial charge in [0.25, 0.3) is 0 Å². The molecule has 1 saturated heterocycles. The zero-order valence-corrected chi connectivity index (χ0v) is 17.1. The van der Waals surface area contributed by atoms with Crippen molar-refractivity contribution in [1.29, 1.82) is 0 Å². The maximum Gasteiger partial charge on any atom is 0.317 e. The first-order valence-electron chi connectivity index (χ1n) is 10.3. The van der Waals surface area contributed by atoms with E-state index in [0.717, 1.165) is 35.8 Å². The van der Waals surface area contributed by atoms with Gasteiger partial charge in [-0.25, -0.2) is 4.79 Å².